The van der Waals surface area contributed by atoms with Gasteiger partial charge in [0.15, 0.2) is 5.11 Å². The van der Waals surface area contributed by atoms with Crippen molar-refractivity contribution < 1.29 is 13.6 Å². The number of furan rings is 1. The Kier molecular flexibility index (Phi) is 5.77. The van der Waals surface area contributed by atoms with Crippen LogP contribution in [0.2, 0.25) is 0 Å². The number of nitrogens with one attached hydrogen (secondary N) is 2. The van der Waals surface area contributed by atoms with Crippen LogP contribution in [0.25, 0.3) is 28.2 Å². The average Bonchev–Trinajstić information content (AvgIpc) is 3.27. The number of para-hydroxylation sites is 1. The quantitative estimate of drug-likeness (QED) is 0.273. The zero-order valence-electron chi connectivity index (χ0n) is 16.5. The molecule has 0 aliphatic heterocycles. The van der Waals surface area contributed by atoms with Gasteiger partial charge in [0.2, 0.25) is 5.91 Å². The van der Waals surface area contributed by atoms with E-state index in [1.165, 1.54) is 12.3 Å². The second-order valence-corrected chi connectivity index (χ2v) is 7.22. The number of anilines is 1. The normalized spacial score (nSPS) is 11.0. The Balaban J connectivity index is 1.53. The van der Waals surface area contributed by atoms with Gasteiger partial charge >= 0.3 is 5.63 Å². The lowest BCUT2D eigenvalue weighted by atomic mass is 10.0. The summed E-state index contributed by atoms with van der Waals surface area (Å²) in [5, 5.41) is 6.57. The van der Waals surface area contributed by atoms with Gasteiger partial charge < -0.3 is 14.2 Å². The molecular weight excluding hydrogens is 412 g/mol. The predicted molar refractivity (Wildman–Crippen MR) is 125 cm³/mol. The fraction of sp³-hybridized carbons (Fsp3) is 0.0417. The van der Waals surface area contributed by atoms with Crippen molar-refractivity contribution >= 4 is 46.0 Å². The third-order valence-electron chi connectivity index (χ3n) is 4.62. The Hall–Kier alpha value is -3.97. The molecule has 0 unspecified atom stereocenters. The van der Waals surface area contributed by atoms with Crippen molar-refractivity contribution in [3.63, 3.8) is 0 Å². The Labute approximate surface area is 183 Å². The van der Waals surface area contributed by atoms with Crippen LogP contribution >= 0.6 is 12.2 Å². The molecule has 2 N–H and O–H groups in total. The molecule has 2 aromatic carbocycles. The maximum absolute atomic E-state index is 12.5. The van der Waals surface area contributed by atoms with Crippen LogP contribution in [-0.4, -0.2) is 11.0 Å². The summed E-state index contributed by atoms with van der Waals surface area (Å²) in [5.74, 6) is 0.171. The van der Waals surface area contributed by atoms with E-state index in [1.54, 1.807) is 36.4 Å². The summed E-state index contributed by atoms with van der Waals surface area (Å²) in [6.45, 7) is 1.90. The molecule has 0 radical (unpaired) electrons. The van der Waals surface area contributed by atoms with Crippen LogP contribution in [0, 0.1) is 6.92 Å². The van der Waals surface area contributed by atoms with E-state index >= 15 is 0 Å². The molecule has 0 saturated heterocycles. The number of benzene rings is 2. The van der Waals surface area contributed by atoms with Crippen molar-refractivity contribution in [3.05, 3.63) is 94.7 Å². The molecule has 6 nitrogen and oxygen atoms in total. The number of thiocarbonyl (C=S) groups is 1. The predicted octanol–water partition coefficient (Wildman–Crippen LogP) is 4.89. The molecule has 2 heterocycles. The van der Waals surface area contributed by atoms with Crippen molar-refractivity contribution in [3.8, 4) is 11.1 Å². The summed E-state index contributed by atoms with van der Waals surface area (Å²) in [6, 6.07) is 18.1. The minimum atomic E-state index is -0.424. The zero-order valence-corrected chi connectivity index (χ0v) is 17.4. The average molecular weight is 430 g/mol. The van der Waals surface area contributed by atoms with Crippen molar-refractivity contribution in [2.45, 2.75) is 6.92 Å². The zero-order chi connectivity index (χ0) is 21.8. The summed E-state index contributed by atoms with van der Waals surface area (Å²) in [7, 11) is 0. The maximum Gasteiger partial charge on any atom is 0.344 e. The Morgan fingerprint density at radius 1 is 1.06 bits per heavy atom. The topological polar surface area (TPSA) is 84.5 Å². The van der Waals surface area contributed by atoms with E-state index in [9.17, 15) is 9.59 Å². The standard InChI is InChI=1S/C24H18N2O4S/c1-15-8-9-16(19-13-17-5-2-3-7-21(17)30-23(19)28)14-20(15)25-24(31)26-22(27)11-10-18-6-4-12-29-18/h2-14H,1H3,(H2,25,26,27,31)/b11-10+. The first kappa shape index (κ1) is 20.3. The second kappa shape index (κ2) is 8.81. The molecule has 7 heteroatoms. The number of rotatable bonds is 4. The molecule has 4 aromatic rings. The Morgan fingerprint density at radius 2 is 1.90 bits per heavy atom. The lowest BCUT2D eigenvalue weighted by Gasteiger charge is -2.12. The molecule has 0 saturated carbocycles. The lowest BCUT2D eigenvalue weighted by Crippen LogP contribution is -2.33. The molecule has 0 fully saturated rings. The molecular formula is C24H18N2O4S. The number of hydrogen-bond donors (Lipinski definition) is 2. The van der Waals surface area contributed by atoms with Gasteiger partial charge in [0.1, 0.15) is 11.3 Å². The molecule has 0 aliphatic carbocycles. The van der Waals surface area contributed by atoms with Crippen molar-refractivity contribution in [2.75, 3.05) is 5.32 Å². The largest absolute Gasteiger partial charge is 0.465 e. The number of aryl methyl sites for hydroxylation is 1. The highest BCUT2D eigenvalue weighted by atomic mass is 32.1. The summed E-state index contributed by atoms with van der Waals surface area (Å²) in [4.78, 5) is 24.5. The fourth-order valence-electron chi connectivity index (χ4n) is 3.04. The van der Waals surface area contributed by atoms with E-state index in [-0.39, 0.29) is 5.11 Å². The van der Waals surface area contributed by atoms with Gasteiger partial charge in [-0.25, -0.2) is 4.79 Å². The first-order chi connectivity index (χ1) is 15.0. The molecule has 31 heavy (non-hydrogen) atoms. The van der Waals surface area contributed by atoms with Crippen LogP contribution in [0.15, 0.2) is 86.6 Å². The van der Waals surface area contributed by atoms with Crippen LogP contribution in [0.1, 0.15) is 11.3 Å². The Bertz CT molecular complexity index is 1350. The van der Waals surface area contributed by atoms with Crippen LogP contribution in [0.3, 0.4) is 0 Å². The summed E-state index contributed by atoms with van der Waals surface area (Å²) in [5.41, 5.74) is 2.81. The Morgan fingerprint density at radius 3 is 2.71 bits per heavy atom. The molecule has 4 rings (SSSR count). The number of amides is 1. The van der Waals surface area contributed by atoms with Gasteiger partial charge in [-0.2, -0.15) is 0 Å². The van der Waals surface area contributed by atoms with E-state index in [1.807, 2.05) is 37.3 Å². The SMILES string of the molecule is Cc1ccc(-c2cc3ccccc3oc2=O)cc1NC(=S)NC(=O)/C=C/c1ccco1. The maximum atomic E-state index is 12.5. The highest BCUT2D eigenvalue weighted by molar-refractivity contribution is 7.80. The van der Waals surface area contributed by atoms with Gasteiger partial charge in [0, 0.05) is 17.1 Å². The molecule has 1 amide bonds. The number of carbonyl (C=O) groups excluding carboxylic acids is 1. The van der Waals surface area contributed by atoms with Crippen molar-refractivity contribution in [1.82, 2.24) is 5.32 Å². The third kappa shape index (κ3) is 4.79. The first-order valence-corrected chi connectivity index (χ1v) is 9.88. The van der Waals surface area contributed by atoms with Crippen molar-refractivity contribution in [1.29, 1.82) is 0 Å². The monoisotopic (exact) mass is 430 g/mol. The summed E-state index contributed by atoms with van der Waals surface area (Å²) < 4.78 is 10.6. The minimum Gasteiger partial charge on any atom is -0.465 e. The molecule has 0 aliphatic rings. The van der Waals surface area contributed by atoms with Crippen LogP contribution in [0.5, 0.6) is 0 Å². The summed E-state index contributed by atoms with van der Waals surface area (Å²) >= 11 is 5.25. The third-order valence-corrected chi connectivity index (χ3v) is 4.82. The summed E-state index contributed by atoms with van der Waals surface area (Å²) in [6.07, 6.45) is 4.40. The van der Waals surface area contributed by atoms with Crippen LogP contribution < -0.4 is 16.3 Å². The molecule has 0 atom stereocenters. The fourth-order valence-corrected chi connectivity index (χ4v) is 3.25. The first-order valence-electron chi connectivity index (χ1n) is 9.47. The van der Waals surface area contributed by atoms with Gasteiger partial charge in [-0.05, 0) is 66.7 Å². The number of carbonyl (C=O) groups is 1. The number of hydrogen-bond acceptors (Lipinski definition) is 5. The highest BCUT2D eigenvalue weighted by Gasteiger charge is 2.11. The molecule has 154 valence electrons. The lowest BCUT2D eigenvalue weighted by molar-refractivity contribution is -0.115. The highest BCUT2D eigenvalue weighted by Crippen LogP contribution is 2.25. The van der Waals surface area contributed by atoms with Gasteiger partial charge in [-0.3, -0.25) is 10.1 Å². The van der Waals surface area contributed by atoms with Gasteiger partial charge in [-0.1, -0.05) is 30.3 Å². The van der Waals surface area contributed by atoms with Gasteiger partial charge in [0.05, 0.1) is 11.8 Å². The van der Waals surface area contributed by atoms with E-state index in [4.69, 9.17) is 21.1 Å². The van der Waals surface area contributed by atoms with Crippen LogP contribution in [-0.2, 0) is 4.79 Å². The molecule has 0 bridgehead atoms. The van der Waals surface area contributed by atoms with Gasteiger partial charge in [-0.15, -0.1) is 0 Å². The minimum absolute atomic E-state index is 0.139. The van der Waals surface area contributed by atoms with Crippen LogP contribution in [0.4, 0.5) is 5.69 Å². The van der Waals surface area contributed by atoms with E-state index in [0.29, 0.717) is 28.2 Å². The smallest absolute Gasteiger partial charge is 0.344 e. The van der Waals surface area contributed by atoms with E-state index < -0.39 is 11.5 Å². The van der Waals surface area contributed by atoms with Crippen molar-refractivity contribution in [2.24, 2.45) is 0 Å². The molecule has 2 aromatic heterocycles. The van der Waals surface area contributed by atoms with E-state index in [2.05, 4.69) is 10.6 Å². The van der Waals surface area contributed by atoms with E-state index in [0.717, 1.165) is 10.9 Å². The second-order valence-electron chi connectivity index (χ2n) is 6.81. The number of fused-ring (bicyclic) bond motifs is 1. The molecule has 0 spiro atoms. The van der Waals surface area contributed by atoms with Gasteiger partial charge in [0.25, 0.3) is 0 Å².